The minimum atomic E-state index is -4.35. The van der Waals surface area contributed by atoms with Gasteiger partial charge in [0.1, 0.15) is 0 Å². The van der Waals surface area contributed by atoms with Crippen molar-refractivity contribution in [2.45, 2.75) is 29.6 Å². The van der Waals surface area contributed by atoms with E-state index in [2.05, 4.69) is 0 Å². The van der Waals surface area contributed by atoms with Gasteiger partial charge < -0.3 is 0 Å². The van der Waals surface area contributed by atoms with Crippen molar-refractivity contribution in [2.75, 3.05) is 3.71 Å². The van der Waals surface area contributed by atoms with Gasteiger partial charge in [-0.05, 0) is 47.9 Å². The molecule has 0 aromatic heterocycles. The van der Waals surface area contributed by atoms with E-state index in [1.165, 1.54) is 36.4 Å². The summed E-state index contributed by atoms with van der Waals surface area (Å²) >= 11 is 0. The fourth-order valence-electron chi connectivity index (χ4n) is 2.76. The molecule has 5 nitrogen and oxygen atoms in total. The molecule has 0 aliphatic rings. The van der Waals surface area contributed by atoms with Crippen LogP contribution in [0.3, 0.4) is 0 Å². The van der Waals surface area contributed by atoms with Crippen LogP contribution >= 0.6 is 0 Å². The Morgan fingerprint density at radius 2 is 1.00 bits per heavy atom. The summed E-state index contributed by atoms with van der Waals surface area (Å²) in [5, 5.41) is 0. The molecule has 3 aromatic carbocycles. The second kappa shape index (κ2) is 7.77. The lowest BCUT2D eigenvalue weighted by atomic mass is 10.0. The fraction of sp³-hybridized carbons (Fsp3) is 0.143. The van der Waals surface area contributed by atoms with Crippen LogP contribution in [-0.4, -0.2) is 16.8 Å². The first-order chi connectivity index (χ1) is 13.2. The standard InChI is InChI=1S/C21H21NO4S2/c1-17(2)18-13-15-19(16-14-18)22(27(23,24)20-9-5-3-6-10-20)28(25,26)21-11-7-4-8-12-21/h3-17H,1-2H3. The molecule has 0 amide bonds. The van der Waals surface area contributed by atoms with E-state index in [0.29, 0.717) is 3.71 Å². The highest BCUT2D eigenvalue weighted by Gasteiger charge is 2.36. The minimum absolute atomic E-state index is 0.0668. The number of hydrogen-bond donors (Lipinski definition) is 0. The first kappa shape index (κ1) is 20.1. The van der Waals surface area contributed by atoms with Gasteiger partial charge in [0.25, 0.3) is 20.0 Å². The second-order valence-electron chi connectivity index (χ2n) is 6.58. The van der Waals surface area contributed by atoms with E-state index in [9.17, 15) is 16.8 Å². The molecule has 28 heavy (non-hydrogen) atoms. The molecular weight excluding hydrogens is 394 g/mol. The molecule has 0 aliphatic carbocycles. The Bertz CT molecular complexity index is 1070. The molecule has 0 unspecified atom stereocenters. The Morgan fingerprint density at radius 3 is 1.36 bits per heavy atom. The topological polar surface area (TPSA) is 71.5 Å². The number of sulfonamides is 2. The lowest BCUT2D eigenvalue weighted by molar-refractivity contribution is 0.584. The smallest absolute Gasteiger partial charge is 0.200 e. The van der Waals surface area contributed by atoms with Gasteiger partial charge in [-0.2, -0.15) is 3.71 Å². The van der Waals surface area contributed by atoms with Gasteiger partial charge in [0, 0.05) is 0 Å². The highest BCUT2D eigenvalue weighted by atomic mass is 32.3. The van der Waals surface area contributed by atoms with Crippen LogP contribution in [0.25, 0.3) is 0 Å². The summed E-state index contributed by atoms with van der Waals surface area (Å²) in [5.74, 6) is 0.235. The highest BCUT2D eigenvalue weighted by molar-refractivity contribution is 8.10. The summed E-state index contributed by atoms with van der Waals surface area (Å²) < 4.78 is 53.8. The Kier molecular flexibility index (Phi) is 5.58. The second-order valence-corrected chi connectivity index (χ2v) is 10.4. The van der Waals surface area contributed by atoms with Crippen molar-refractivity contribution in [1.82, 2.24) is 0 Å². The summed E-state index contributed by atoms with van der Waals surface area (Å²) in [4.78, 5) is -0.190. The third-order valence-corrected chi connectivity index (χ3v) is 8.50. The predicted molar refractivity (Wildman–Crippen MR) is 110 cm³/mol. The molecule has 0 saturated heterocycles. The van der Waals surface area contributed by atoms with Crippen LogP contribution in [0.4, 0.5) is 5.69 Å². The van der Waals surface area contributed by atoms with Crippen molar-refractivity contribution in [2.24, 2.45) is 0 Å². The number of benzene rings is 3. The van der Waals surface area contributed by atoms with Crippen molar-refractivity contribution >= 4 is 25.7 Å². The van der Waals surface area contributed by atoms with Gasteiger partial charge in [-0.3, -0.25) is 0 Å². The number of anilines is 1. The number of nitrogens with zero attached hydrogens (tertiary/aromatic N) is 1. The third kappa shape index (κ3) is 3.81. The first-order valence-corrected chi connectivity index (χ1v) is 11.6. The van der Waals surface area contributed by atoms with Crippen molar-refractivity contribution in [1.29, 1.82) is 0 Å². The average Bonchev–Trinajstić information content (AvgIpc) is 2.69. The molecule has 0 heterocycles. The van der Waals surface area contributed by atoms with E-state index in [-0.39, 0.29) is 21.4 Å². The lowest BCUT2D eigenvalue weighted by Gasteiger charge is -2.24. The minimum Gasteiger partial charge on any atom is -0.200 e. The quantitative estimate of drug-likeness (QED) is 0.598. The van der Waals surface area contributed by atoms with E-state index in [1.807, 2.05) is 13.8 Å². The van der Waals surface area contributed by atoms with Gasteiger partial charge in [0.2, 0.25) is 0 Å². The van der Waals surface area contributed by atoms with E-state index in [1.54, 1.807) is 48.5 Å². The molecule has 0 radical (unpaired) electrons. The zero-order chi connectivity index (χ0) is 20.4. The molecular formula is C21H21NO4S2. The Labute approximate surface area is 166 Å². The van der Waals surface area contributed by atoms with Gasteiger partial charge in [-0.25, -0.2) is 16.8 Å². The van der Waals surface area contributed by atoms with Crippen LogP contribution in [0.15, 0.2) is 94.7 Å². The summed E-state index contributed by atoms with van der Waals surface area (Å²) in [6.45, 7) is 4.02. The van der Waals surface area contributed by atoms with Crippen molar-refractivity contribution < 1.29 is 16.8 Å². The van der Waals surface area contributed by atoms with Crippen LogP contribution in [0.5, 0.6) is 0 Å². The molecule has 3 aromatic rings. The van der Waals surface area contributed by atoms with Crippen LogP contribution in [0, 0.1) is 0 Å². The average molecular weight is 416 g/mol. The lowest BCUT2D eigenvalue weighted by Crippen LogP contribution is -2.37. The summed E-state index contributed by atoms with van der Waals surface area (Å²) in [7, 11) is -8.70. The molecule has 146 valence electrons. The van der Waals surface area contributed by atoms with Crippen LogP contribution < -0.4 is 3.71 Å². The van der Waals surface area contributed by atoms with Crippen molar-refractivity contribution in [3.63, 3.8) is 0 Å². The SMILES string of the molecule is CC(C)c1ccc(N(S(=O)(=O)c2ccccc2)S(=O)(=O)c2ccccc2)cc1. The van der Waals surface area contributed by atoms with Crippen molar-refractivity contribution in [3.8, 4) is 0 Å². The zero-order valence-electron chi connectivity index (χ0n) is 15.6. The molecule has 0 fully saturated rings. The van der Waals surface area contributed by atoms with Gasteiger partial charge in [-0.15, -0.1) is 0 Å². The fourth-order valence-corrected chi connectivity index (χ4v) is 6.50. The molecule has 0 bridgehead atoms. The Balaban J connectivity index is 2.23. The summed E-state index contributed by atoms with van der Waals surface area (Å²) in [6.07, 6.45) is 0. The van der Waals surface area contributed by atoms with Gasteiger partial charge in [-0.1, -0.05) is 62.4 Å². The maximum Gasteiger partial charge on any atom is 0.277 e. The number of rotatable bonds is 6. The predicted octanol–water partition coefficient (Wildman–Crippen LogP) is 4.39. The maximum atomic E-state index is 13.3. The van der Waals surface area contributed by atoms with Crippen LogP contribution in [-0.2, 0) is 20.0 Å². The van der Waals surface area contributed by atoms with Gasteiger partial charge >= 0.3 is 0 Å². The maximum absolute atomic E-state index is 13.3. The highest BCUT2D eigenvalue weighted by Crippen LogP contribution is 2.31. The molecule has 7 heteroatoms. The molecule has 0 atom stereocenters. The Morgan fingerprint density at radius 1 is 0.607 bits per heavy atom. The number of hydrogen-bond acceptors (Lipinski definition) is 4. The molecule has 0 aliphatic heterocycles. The normalized spacial score (nSPS) is 12.1. The summed E-state index contributed by atoms with van der Waals surface area (Å²) in [5.41, 5.74) is 1.05. The first-order valence-electron chi connectivity index (χ1n) is 8.75. The van der Waals surface area contributed by atoms with E-state index >= 15 is 0 Å². The van der Waals surface area contributed by atoms with E-state index in [4.69, 9.17) is 0 Å². The molecule has 0 saturated carbocycles. The molecule has 0 spiro atoms. The Hall–Kier alpha value is -2.64. The zero-order valence-corrected chi connectivity index (χ0v) is 17.2. The van der Waals surface area contributed by atoms with E-state index in [0.717, 1.165) is 5.56 Å². The molecule has 3 rings (SSSR count). The summed E-state index contributed by atoms with van der Waals surface area (Å²) in [6, 6.07) is 21.6. The van der Waals surface area contributed by atoms with Gasteiger partial charge in [0.15, 0.2) is 0 Å². The third-order valence-electron chi connectivity index (χ3n) is 4.29. The molecule has 0 N–H and O–H groups in total. The van der Waals surface area contributed by atoms with Gasteiger partial charge in [0.05, 0.1) is 15.5 Å². The van der Waals surface area contributed by atoms with Crippen molar-refractivity contribution in [3.05, 3.63) is 90.5 Å². The van der Waals surface area contributed by atoms with E-state index < -0.39 is 20.0 Å². The monoisotopic (exact) mass is 415 g/mol. The largest absolute Gasteiger partial charge is 0.277 e. The van der Waals surface area contributed by atoms with Crippen LogP contribution in [0.2, 0.25) is 0 Å². The van der Waals surface area contributed by atoms with Crippen LogP contribution in [0.1, 0.15) is 25.3 Å².